The van der Waals surface area contributed by atoms with Gasteiger partial charge in [-0.05, 0) is 43.2 Å². The number of morpholine rings is 1. The van der Waals surface area contributed by atoms with Gasteiger partial charge < -0.3 is 14.2 Å². The Kier molecular flexibility index (Phi) is 7.80. The molecule has 2 aliphatic rings. The fraction of sp³-hybridized carbons (Fsp3) is 0.333. The molecular formula is C33H29ClN8O3. The molecule has 1 aromatic carbocycles. The molecule has 12 heteroatoms. The number of rotatable bonds is 6. The smallest absolute Gasteiger partial charge is 0.361 e. The molecule has 1 aliphatic carbocycles. The molecular weight excluding hydrogens is 592 g/mol. The summed E-state index contributed by atoms with van der Waals surface area (Å²) in [7, 11) is 0. The minimum atomic E-state index is -0.715. The summed E-state index contributed by atoms with van der Waals surface area (Å²) in [6.07, 6.45) is 18.5. The molecule has 1 aliphatic heterocycles. The van der Waals surface area contributed by atoms with Crippen molar-refractivity contribution in [2.75, 3.05) is 18.1 Å². The maximum atomic E-state index is 11.9. The Morgan fingerprint density at radius 3 is 2.58 bits per heavy atom. The van der Waals surface area contributed by atoms with Crippen LogP contribution < -0.4 is 10.7 Å². The van der Waals surface area contributed by atoms with Crippen LogP contribution in [0, 0.1) is 36.5 Å². The second-order valence-electron chi connectivity index (χ2n) is 11.3. The molecule has 0 amide bonds. The van der Waals surface area contributed by atoms with E-state index in [0.29, 0.717) is 64.9 Å². The van der Waals surface area contributed by atoms with Gasteiger partial charge in [-0.15, -0.1) is 18.8 Å². The van der Waals surface area contributed by atoms with Gasteiger partial charge >= 0.3 is 5.76 Å². The Morgan fingerprint density at radius 1 is 1.04 bits per heavy atom. The molecule has 4 aromatic heterocycles. The predicted octanol–water partition coefficient (Wildman–Crippen LogP) is 4.90. The summed E-state index contributed by atoms with van der Waals surface area (Å²) in [4.78, 5) is 35.7. The monoisotopic (exact) mass is 620 g/mol. The van der Waals surface area contributed by atoms with Crippen LogP contribution in [0.1, 0.15) is 37.3 Å². The molecule has 5 heterocycles. The van der Waals surface area contributed by atoms with Crippen LogP contribution in [0.25, 0.3) is 34.1 Å². The first-order valence-electron chi connectivity index (χ1n) is 14.8. The van der Waals surface area contributed by atoms with Gasteiger partial charge in [-0.1, -0.05) is 53.0 Å². The Labute approximate surface area is 264 Å². The molecule has 0 unspecified atom stereocenters. The predicted molar refractivity (Wildman–Crippen MR) is 169 cm³/mol. The molecule has 0 spiro atoms. The number of anilines is 1. The Morgan fingerprint density at radius 2 is 1.87 bits per heavy atom. The first kappa shape index (κ1) is 28.8. The summed E-state index contributed by atoms with van der Waals surface area (Å²) in [6.45, 7) is 1.64. The largest absolute Gasteiger partial charge is 0.439 e. The van der Waals surface area contributed by atoms with E-state index >= 15 is 0 Å². The number of hydrogen-bond donors (Lipinski definition) is 1. The average Bonchev–Trinajstić information content (AvgIpc) is 3.68. The van der Waals surface area contributed by atoms with Crippen molar-refractivity contribution in [3.8, 4) is 47.6 Å². The fourth-order valence-electron chi connectivity index (χ4n) is 6.40. The summed E-state index contributed by atoms with van der Waals surface area (Å²) in [6, 6.07) is 11.5. The van der Waals surface area contributed by atoms with E-state index in [4.69, 9.17) is 48.7 Å². The SMILES string of the molecule is C#CC1CCC(Cn2c(N3CCO[C@@H](C#C)[C@H]3c3ccccc3)nc3nc(-c4noc(=O)[nH]4)nc(-c4cncc(Cl)c4)c32)CC1. The first-order chi connectivity index (χ1) is 22.0. The quantitative estimate of drug-likeness (QED) is 0.264. The molecule has 2 fully saturated rings. The topological polar surface area (TPSA) is 128 Å². The first-order valence-corrected chi connectivity index (χ1v) is 15.2. The van der Waals surface area contributed by atoms with Crippen molar-refractivity contribution in [2.45, 2.75) is 44.4 Å². The third-order valence-electron chi connectivity index (χ3n) is 8.55. The zero-order valence-electron chi connectivity index (χ0n) is 24.3. The molecule has 0 radical (unpaired) electrons. The molecule has 7 rings (SSSR count). The number of halogens is 1. The van der Waals surface area contributed by atoms with Gasteiger partial charge in [-0.3, -0.25) is 14.5 Å². The average molecular weight is 621 g/mol. The standard InChI is InChI=1S/C33H29ClN8O3/c1-3-20-10-12-21(13-11-20)19-42-28-26(23-16-24(34)18-35-17-23)36-30(31-39-33(43)45-40-31)37-29(28)38-32(42)41-14-15-44-25(4-2)27(41)22-8-6-5-7-9-22/h1-2,5-9,16-18,20-21,25,27H,10-15,19H2,(H,39,40,43)/t20?,21?,25-,27+/m0/s1. The van der Waals surface area contributed by atoms with Gasteiger partial charge in [0, 0.05) is 37.0 Å². The van der Waals surface area contributed by atoms with Crippen LogP contribution in [-0.2, 0) is 11.3 Å². The molecule has 1 saturated carbocycles. The molecule has 1 saturated heterocycles. The van der Waals surface area contributed by atoms with Gasteiger partial charge in [0.1, 0.15) is 17.3 Å². The second kappa shape index (κ2) is 12.2. The van der Waals surface area contributed by atoms with Gasteiger partial charge in [0.15, 0.2) is 5.65 Å². The lowest BCUT2D eigenvalue weighted by Gasteiger charge is -2.40. The van der Waals surface area contributed by atoms with E-state index in [1.165, 1.54) is 0 Å². The minimum absolute atomic E-state index is 0.0859. The normalized spacial score (nSPS) is 21.8. The number of fused-ring (bicyclic) bond motifs is 1. The number of hydrogen-bond acceptors (Lipinski definition) is 9. The van der Waals surface area contributed by atoms with Crippen molar-refractivity contribution < 1.29 is 9.26 Å². The summed E-state index contributed by atoms with van der Waals surface area (Å²) < 4.78 is 13.0. The van der Waals surface area contributed by atoms with Crippen molar-refractivity contribution in [2.24, 2.45) is 11.8 Å². The van der Waals surface area contributed by atoms with E-state index in [2.05, 4.69) is 36.4 Å². The van der Waals surface area contributed by atoms with E-state index in [-0.39, 0.29) is 17.7 Å². The number of benzene rings is 1. The maximum Gasteiger partial charge on any atom is 0.439 e. The Balaban J connectivity index is 1.46. The third-order valence-corrected chi connectivity index (χ3v) is 8.76. The Bertz CT molecular complexity index is 1980. The number of ether oxygens (including phenoxy) is 1. The maximum absolute atomic E-state index is 11.9. The number of H-pyrrole nitrogens is 1. The van der Waals surface area contributed by atoms with Crippen LogP contribution in [0.3, 0.4) is 0 Å². The zero-order valence-corrected chi connectivity index (χ0v) is 25.0. The number of terminal acetylenes is 2. The van der Waals surface area contributed by atoms with Crippen LogP contribution in [0.5, 0.6) is 0 Å². The van der Waals surface area contributed by atoms with Crippen LogP contribution in [0.15, 0.2) is 58.1 Å². The number of aromatic amines is 1. The van der Waals surface area contributed by atoms with E-state index in [9.17, 15) is 4.79 Å². The minimum Gasteiger partial charge on any atom is -0.361 e. The summed E-state index contributed by atoms with van der Waals surface area (Å²) in [5.41, 5.74) is 3.34. The van der Waals surface area contributed by atoms with Gasteiger partial charge in [0.2, 0.25) is 17.6 Å². The highest BCUT2D eigenvalue weighted by Gasteiger charge is 2.37. The van der Waals surface area contributed by atoms with E-state index in [1.54, 1.807) is 18.5 Å². The second-order valence-corrected chi connectivity index (χ2v) is 11.8. The molecule has 226 valence electrons. The molecule has 5 aromatic rings. The molecule has 11 nitrogen and oxygen atoms in total. The van der Waals surface area contributed by atoms with Crippen molar-refractivity contribution in [1.29, 1.82) is 0 Å². The van der Waals surface area contributed by atoms with Crippen LogP contribution in [0.4, 0.5) is 5.95 Å². The number of pyridine rings is 1. The van der Waals surface area contributed by atoms with Crippen molar-refractivity contribution in [3.63, 3.8) is 0 Å². The lowest BCUT2D eigenvalue weighted by Crippen LogP contribution is -2.46. The lowest BCUT2D eigenvalue weighted by molar-refractivity contribution is 0.0470. The lowest BCUT2D eigenvalue weighted by atomic mass is 9.82. The summed E-state index contributed by atoms with van der Waals surface area (Å²) >= 11 is 6.41. The van der Waals surface area contributed by atoms with Crippen molar-refractivity contribution >= 4 is 28.7 Å². The van der Waals surface area contributed by atoms with E-state index in [1.807, 2.05) is 30.3 Å². The highest BCUT2D eigenvalue weighted by atomic mass is 35.5. The highest BCUT2D eigenvalue weighted by Crippen LogP contribution is 2.39. The van der Waals surface area contributed by atoms with Gasteiger partial charge in [0.25, 0.3) is 0 Å². The summed E-state index contributed by atoms with van der Waals surface area (Å²) in [5.74, 6) is 6.64. The third kappa shape index (κ3) is 5.57. The van der Waals surface area contributed by atoms with Gasteiger partial charge in [-0.2, -0.15) is 4.98 Å². The van der Waals surface area contributed by atoms with Crippen molar-refractivity contribution in [3.05, 3.63) is 69.9 Å². The molecule has 0 bridgehead atoms. The Hall–Kier alpha value is -4.97. The number of imidazole rings is 1. The molecule has 45 heavy (non-hydrogen) atoms. The van der Waals surface area contributed by atoms with Crippen molar-refractivity contribution in [1.82, 2.24) is 34.6 Å². The van der Waals surface area contributed by atoms with Crippen LogP contribution in [0.2, 0.25) is 5.02 Å². The molecule has 1 N–H and O–H groups in total. The van der Waals surface area contributed by atoms with Gasteiger partial charge in [-0.25, -0.2) is 14.8 Å². The fourth-order valence-corrected chi connectivity index (χ4v) is 6.58. The van der Waals surface area contributed by atoms with Crippen LogP contribution >= 0.6 is 11.6 Å². The van der Waals surface area contributed by atoms with Crippen LogP contribution in [-0.4, -0.2) is 53.9 Å². The van der Waals surface area contributed by atoms with Gasteiger partial charge in [0.05, 0.1) is 17.7 Å². The number of nitrogens with zero attached hydrogens (tertiary/aromatic N) is 7. The zero-order chi connectivity index (χ0) is 30.9. The summed E-state index contributed by atoms with van der Waals surface area (Å²) in [5, 5.41) is 4.28. The number of nitrogens with one attached hydrogen (secondary N) is 1. The molecule has 2 atom stereocenters. The highest BCUT2D eigenvalue weighted by molar-refractivity contribution is 6.30. The van der Waals surface area contributed by atoms with E-state index in [0.717, 1.165) is 31.2 Å². The van der Waals surface area contributed by atoms with E-state index < -0.39 is 11.9 Å². The number of aromatic nitrogens is 7.